The van der Waals surface area contributed by atoms with E-state index in [1.807, 2.05) is 32.9 Å². The van der Waals surface area contributed by atoms with Gasteiger partial charge >= 0.3 is 0 Å². The van der Waals surface area contributed by atoms with Crippen LogP contribution in [0.2, 0.25) is 5.02 Å². The van der Waals surface area contributed by atoms with Crippen molar-refractivity contribution >= 4 is 27.3 Å². The zero-order valence-electron chi connectivity index (χ0n) is 16.9. The van der Waals surface area contributed by atoms with Gasteiger partial charge in [-0.15, -0.1) is 0 Å². The lowest BCUT2D eigenvalue weighted by Gasteiger charge is -2.17. The molecule has 0 aliphatic heterocycles. The molecule has 4 rings (SSSR count). The lowest BCUT2D eigenvalue weighted by Crippen LogP contribution is -2.18. The predicted molar refractivity (Wildman–Crippen MR) is 119 cm³/mol. The standard InChI is InChI=1S/C22H22ClN3O3S/c1-13-8-14(2)21(15(3)9-13)29-22-20(26-30(27,28)18-4-5-18)7-6-19(25-22)16-10-17(23)12-24-11-16/h6-12,18,26H,4-5H2,1-3H3. The van der Waals surface area contributed by atoms with Crippen LogP contribution >= 0.6 is 11.6 Å². The molecule has 0 spiro atoms. The van der Waals surface area contributed by atoms with Crippen LogP contribution in [0.15, 0.2) is 42.7 Å². The van der Waals surface area contributed by atoms with Gasteiger partial charge in [0, 0.05) is 18.0 Å². The van der Waals surface area contributed by atoms with E-state index in [1.165, 1.54) is 0 Å². The molecule has 156 valence electrons. The first-order valence-electron chi connectivity index (χ1n) is 9.62. The fourth-order valence-electron chi connectivity index (χ4n) is 3.35. The summed E-state index contributed by atoms with van der Waals surface area (Å²) in [7, 11) is -3.47. The van der Waals surface area contributed by atoms with Gasteiger partial charge in [0.1, 0.15) is 11.4 Å². The second kappa shape index (κ2) is 7.89. The molecule has 6 nitrogen and oxygen atoms in total. The number of sulfonamides is 1. The van der Waals surface area contributed by atoms with E-state index in [0.29, 0.717) is 40.6 Å². The van der Waals surface area contributed by atoms with Crippen LogP contribution < -0.4 is 9.46 Å². The number of anilines is 1. The monoisotopic (exact) mass is 443 g/mol. The normalized spacial score (nSPS) is 13.9. The molecule has 0 radical (unpaired) electrons. The summed E-state index contributed by atoms with van der Waals surface area (Å²) in [6.07, 6.45) is 4.52. The molecule has 1 aliphatic rings. The van der Waals surface area contributed by atoms with Gasteiger partial charge in [0.2, 0.25) is 15.9 Å². The maximum Gasteiger partial charge on any atom is 0.244 e. The van der Waals surface area contributed by atoms with Gasteiger partial charge in [0.15, 0.2) is 0 Å². The first-order valence-corrected chi connectivity index (χ1v) is 11.5. The molecule has 2 aromatic heterocycles. The largest absolute Gasteiger partial charge is 0.436 e. The van der Waals surface area contributed by atoms with E-state index in [9.17, 15) is 8.42 Å². The number of nitrogens with zero attached hydrogens (tertiary/aromatic N) is 2. The average molecular weight is 444 g/mol. The molecule has 3 aromatic rings. The molecule has 1 aromatic carbocycles. The van der Waals surface area contributed by atoms with Gasteiger partial charge in [-0.3, -0.25) is 9.71 Å². The summed E-state index contributed by atoms with van der Waals surface area (Å²) in [5.41, 5.74) is 4.61. The molecule has 1 N–H and O–H groups in total. The highest BCUT2D eigenvalue weighted by molar-refractivity contribution is 7.93. The van der Waals surface area contributed by atoms with Gasteiger partial charge in [0.05, 0.1) is 16.0 Å². The minimum Gasteiger partial charge on any atom is -0.436 e. The summed E-state index contributed by atoms with van der Waals surface area (Å²) in [6.45, 7) is 5.92. The number of hydrogen-bond acceptors (Lipinski definition) is 5. The molecule has 0 bridgehead atoms. The molecule has 0 unspecified atom stereocenters. The number of aryl methyl sites for hydroxylation is 3. The van der Waals surface area contributed by atoms with Crippen molar-refractivity contribution in [1.29, 1.82) is 0 Å². The molecular weight excluding hydrogens is 422 g/mol. The van der Waals surface area contributed by atoms with Crippen molar-refractivity contribution in [2.75, 3.05) is 4.72 Å². The fraction of sp³-hybridized carbons (Fsp3) is 0.273. The van der Waals surface area contributed by atoms with Crippen molar-refractivity contribution in [3.63, 3.8) is 0 Å². The number of aromatic nitrogens is 2. The summed E-state index contributed by atoms with van der Waals surface area (Å²) in [5, 5.41) is 0.130. The van der Waals surface area contributed by atoms with E-state index >= 15 is 0 Å². The Morgan fingerprint density at radius 2 is 1.77 bits per heavy atom. The lowest BCUT2D eigenvalue weighted by molar-refractivity contribution is 0.459. The van der Waals surface area contributed by atoms with Crippen molar-refractivity contribution in [1.82, 2.24) is 9.97 Å². The maximum atomic E-state index is 12.5. The Balaban J connectivity index is 1.79. The van der Waals surface area contributed by atoms with Crippen LogP contribution in [-0.4, -0.2) is 23.6 Å². The van der Waals surface area contributed by atoms with Crippen LogP contribution in [0.3, 0.4) is 0 Å². The number of hydrogen-bond donors (Lipinski definition) is 1. The molecule has 8 heteroatoms. The van der Waals surface area contributed by atoms with Gasteiger partial charge < -0.3 is 4.74 Å². The molecule has 0 saturated heterocycles. The SMILES string of the molecule is Cc1cc(C)c(Oc2nc(-c3cncc(Cl)c3)ccc2NS(=O)(=O)C2CC2)c(C)c1. The molecule has 1 saturated carbocycles. The molecule has 0 amide bonds. The highest BCUT2D eigenvalue weighted by atomic mass is 35.5. The molecule has 2 heterocycles. The maximum absolute atomic E-state index is 12.5. The van der Waals surface area contributed by atoms with Crippen molar-refractivity contribution in [3.8, 4) is 22.9 Å². The summed E-state index contributed by atoms with van der Waals surface area (Å²) < 4.78 is 33.9. The van der Waals surface area contributed by atoms with Crippen molar-refractivity contribution in [2.24, 2.45) is 0 Å². The van der Waals surface area contributed by atoms with Crippen molar-refractivity contribution < 1.29 is 13.2 Å². The summed E-state index contributed by atoms with van der Waals surface area (Å²) in [6, 6.07) is 9.16. The Hall–Kier alpha value is -2.64. The molecular formula is C22H22ClN3O3S. The van der Waals surface area contributed by atoms with Gasteiger partial charge in [-0.25, -0.2) is 13.4 Å². The van der Waals surface area contributed by atoms with Crippen LogP contribution in [0.5, 0.6) is 11.6 Å². The first-order chi connectivity index (χ1) is 14.2. The fourth-order valence-corrected chi connectivity index (χ4v) is 4.91. The summed E-state index contributed by atoms with van der Waals surface area (Å²) in [4.78, 5) is 8.70. The zero-order valence-corrected chi connectivity index (χ0v) is 18.5. The molecule has 1 fully saturated rings. The minimum absolute atomic E-state index is 0.187. The average Bonchev–Trinajstić information content (AvgIpc) is 3.51. The lowest BCUT2D eigenvalue weighted by atomic mass is 10.1. The summed E-state index contributed by atoms with van der Waals surface area (Å²) in [5.74, 6) is 0.841. The third kappa shape index (κ3) is 4.42. The minimum atomic E-state index is -3.47. The predicted octanol–water partition coefficient (Wildman–Crippen LogP) is 5.42. The van der Waals surface area contributed by atoms with E-state index < -0.39 is 10.0 Å². The van der Waals surface area contributed by atoms with Crippen LogP contribution in [-0.2, 0) is 10.0 Å². The molecule has 0 atom stereocenters. The number of halogens is 1. The number of nitrogens with one attached hydrogen (secondary N) is 1. The van der Waals surface area contributed by atoms with E-state index in [2.05, 4.69) is 14.7 Å². The van der Waals surface area contributed by atoms with Gasteiger partial charge in [-0.05, 0) is 62.9 Å². The van der Waals surface area contributed by atoms with Crippen LogP contribution in [0, 0.1) is 20.8 Å². The Labute approximate surface area is 181 Å². The van der Waals surface area contributed by atoms with Crippen molar-refractivity contribution in [3.05, 3.63) is 64.4 Å². The third-order valence-corrected chi connectivity index (χ3v) is 6.94. The Morgan fingerprint density at radius 1 is 1.07 bits per heavy atom. The quantitative estimate of drug-likeness (QED) is 0.550. The van der Waals surface area contributed by atoms with Crippen molar-refractivity contribution in [2.45, 2.75) is 38.9 Å². The number of pyridine rings is 2. The first kappa shape index (κ1) is 20.6. The molecule has 30 heavy (non-hydrogen) atoms. The van der Waals surface area contributed by atoms with Crippen LogP contribution in [0.25, 0.3) is 11.3 Å². The van der Waals surface area contributed by atoms with E-state index in [-0.39, 0.29) is 11.1 Å². The Bertz CT molecular complexity index is 1200. The second-order valence-electron chi connectivity index (χ2n) is 7.62. The third-order valence-electron chi connectivity index (χ3n) is 4.88. The van der Waals surface area contributed by atoms with E-state index in [4.69, 9.17) is 16.3 Å². The van der Waals surface area contributed by atoms with E-state index in [1.54, 1.807) is 30.6 Å². The van der Waals surface area contributed by atoms with E-state index in [0.717, 1.165) is 16.7 Å². The van der Waals surface area contributed by atoms with Gasteiger partial charge in [-0.2, -0.15) is 0 Å². The summed E-state index contributed by atoms with van der Waals surface area (Å²) >= 11 is 6.07. The molecule has 1 aliphatic carbocycles. The highest BCUT2D eigenvalue weighted by Gasteiger charge is 2.36. The topological polar surface area (TPSA) is 81.2 Å². The number of ether oxygens (including phenoxy) is 1. The van der Waals surface area contributed by atoms with Crippen LogP contribution in [0.1, 0.15) is 29.5 Å². The Morgan fingerprint density at radius 3 is 2.40 bits per heavy atom. The number of rotatable bonds is 6. The Kier molecular flexibility index (Phi) is 5.42. The van der Waals surface area contributed by atoms with Crippen LogP contribution in [0.4, 0.5) is 5.69 Å². The second-order valence-corrected chi connectivity index (χ2v) is 10.0. The van der Waals surface area contributed by atoms with Gasteiger partial charge in [0.25, 0.3) is 0 Å². The number of benzene rings is 1. The smallest absolute Gasteiger partial charge is 0.244 e. The van der Waals surface area contributed by atoms with Gasteiger partial charge in [-0.1, -0.05) is 29.3 Å². The zero-order chi connectivity index (χ0) is 21.5. The highest BCUT2D eigenvalue weighted by Crippen LogP contribution is 2.37.